The van der Waals surface area contributed by atoms with Crippen LogP contribution in [0.3, 0.4) is 0 Å². The van der Waals surface area contributed by atoms with Crippen molar-refractivity contribution in [2.24, 2.45) is 9.98 Å². The summed E-state index contributed by atoms with van der Waals surface area (Å²) in [5.74, 6) is 0.0378. The zero-order valence-corrected chi connectivity index (χ0v) is 67.9. The summed E-state index contributed by atoms with van der Waals surface area (Å²) in [5.41, 5.74) is 13.6. The number of hydrogen-bond donors (Lipinski definition) is 0. The molecule has 0 atom stereocenters. The van der Waals surface area contributed by atoms with Gasteiger partial charge in [-0.3, -0.25) is 20.5 Å². The number of Topliss-reactive ketones (excluding diaryl/α,β-unsaturated/α-hetero) is 1. The maximum Gasteiger partial charge on any atom is 2.00 e. The van der Waals surface area contributed by atoms with E-state index in [2.05, 4.69) is 187 Å². The van der Waals surface area contributed by atoms with E-state index in [1.807, 2.05) is 192 Å². The predicted molar refractivity (Wildman–Crippen MR) is 396 cm³/mol. The summed E-state index contributed by atoms with van der Waals surface area (Å²) in [6.07, 6.45) is 20.4. The van der Waals surface area contributed by atoms with Crippen LogP contribution in [0.1, 0.15) is 212 Å². The van der Waals surface area contributed by atoms with Crippen molar-refractivity contribution in [3.05, 3.63) is 209 Å². The van der Waals surface area contributed by atoms with Gasteiger partial charge in [0.05, 0.1) is 11.0 Å². The van der Waals surface area contributed by atoms with Crippen LogP contribution < -0.4 is 4.90 Å². The predicted octanol–water partition coefficient (Wildman–Crippen LogP) is 23.4. The monoisotopic (exact) mass is 1570 g/mol. The number of ketones is 1. The number of benzene rings is 5. The molecule has 1 aliphatic heterocycles. The number of amides is 1. The van der Waals surface area contributed by atoms with Gasteiger partial charge in [0.2, 0.25) is 5.91 Å². The maximum atomic E-state index is 11.2. The van der Waals surface area contributed by atoms with E-state index in [-0.39, 0.29) is 53.8 Å². The normalized spacial score (nSPS) is 9.57. The molecule has 0 radical (unpaired) electrons. The second-order valence-corrected chi connectivity index (χ2v) is 16.5. The van der Waals surface area contributed by atoms with Gasteiger partial charge in [-0.1, -0.05) is 226 Å². The summed E-state index contributed by atoms with van der Waals surface area (Å²) in [5, 5.41) is 4.78. The molecule has 496 valence electrons. The molecule has 0 unspecified atom stereocenters. The number of nitrogens with zero attached hydrogens (tertiary/aromatic N) is 7. The van der Waals surface area contributed by atoms with Crippen molar-refractivity contribution in [3.8, 4) is 0 Å². The van der Waals surface area contributed by atoms with Crippen LogP contribution in [-0.2, 0) is 58.1 Å². The fourth-order valence-corrected chi connectivity index (χ4v) is 6.61. The Labute approximate surface area is 581 Å². The average Bonchev–Trinajstić information content (AvgIpc) is 2.44. The Hall–Kier alpha value is -6.40. The number of hydrogen-bond acceptors (Lipinski definition) is 8. The summed E-state index contributed by atoms with van der Waals surface area (Å²) in [6, 6.07) is 39.6. The van der Waals surface area contributed by atoms with Crippen molar-refractivity contribution < 1.29 is 51.7 Å². The van der Waals surface area contributed by atoms with E-state index in [9.17, 15) is 9.59 Å². The first-order chi connectivity index (χ1) is 42.5. The topological polar surface area (TPSA) is 114 Å². The van der Waals surface area contributed by atoms with Gasteiger partial charge in [0.15, 0.2) is 0 Å². The molecule has 5 aromatic carbocycles. The standard InChI is InChI=1S/C11H13NO.2C10H9N.C9H8N2.C8H10.C7H9NO.C6H9N.9C2H6.2W/c1-8-3-4-10-5-6-12(9(2)13)11(10)7-8;1-8-2-3-10-7-11-5-4-9(10)6-8;1-8-4-5-10-9(7-8)3-2-6-11-10;1-7-2-3-8-5-10-6-11-9(8)4-7;1-7-3-5-8(2)6-4-7;1-4-8-6(2)5-7(3)9;1-4-6(3)7-5-2;9*1-2;;/h3-4,7H,5-6H2,1-2H3;2*2-7H,1H3;2-6H,1H3;3-6H,1-2H3;1-3H3;1-3H3;9*1-2H3;;/q;;;;;2*-2;;;;;;;;;;2*+2. The average molecular weight is 1570 g/mol. The molecule has 9 nitrogen and oxygen atoms in total. The number of aliphatic imine (C=N–C) groups is 2. The van der Waals surface area contributed by atoms with E-state index in [0.29, 0.717) is 5.70 Å². The zero-order chi connectivity index (χ0) is 69.4. The Balaban J connectivity index is -0.000000117. The van der Waals surface area contributed by atoms with Gasteiger partial charge in [0.25, 0.3) is 0 Å². The molecule has 0 aliphatic carbocycles. The van der Waals surface area contributed by atoms with Crippen molar-refractivity contribution in [2.45, 2.75) is 221 Å². The Morgan fingerprint density at radius 1 is 0.433 bits per heavy atom. The van der Waals surface area contributed by atoms with E-state index in [4.69, 9.17) is 0 Å². The molecule has 11 heteroatoms. The van der Waals surface area contributed by atoms with Gasteiger partial charge in [-0.25, -0.2) is 16.9 Å². The minimum Gasteiger partial charge on any atom is -0.584 e. The third-order valence-corrected chi connectivity index (χ3v) is 10.2. The number of aromatic nitrogens is 4. The first-order valence-electron chi connectivity index (χ1n) is 32.1. The molecule has 90 heavy (non-hydrogen) atoms. The van der Waals surface area contributed by atoms with Crippen LogP contribution >= 0.6 is 0 Å². The van der Waals surface area contributed by atoms with E-state index in [0.717, 1.165) is 40.8 Å². The van der Waals surface area contributed by atoms with Crippen molar-refractivity contribution in [1.29, 1.82) is 0 Å². The number of carbonyl (C=O) groups is 2. The molecule has 1 aliphatic rings. The maximum absolute atomic E-state index is 11.2. The minimum atomic E-state index is -0.105. The SMILES string of the molecule is CC.CC.CC.CC.CC.CC.CC.CC.CC.CC(=O)N1CCc2ccc(C)cc21.C[C-]=NC(C)=[C-]C.C[C-]=NC(C)=[C-]C(C)=O.Cc1ccc(C)cc1.Cc1ccc2cnccc2c1.Cc1ccc2cncnc2c1.Cc1ccc2ncccc2c1.[W+2].[W+2]. The van der Waals surface area contributed by atoms with Gasteiger partial charge >= 0.3 is 42.1 Å². The van der Waals surface area contributed by atoms with Crippen LogP contribution in [-0.4, -0.2) is 50.6 Å². The second kappa shape index (κ2) is 73.3. The van der Waals surface area contributed by atoms with E-state index < -0.39 is 0 Å². The van der Waals surface area contributed by atoms with Gasteiger partial charge < -0.3 is 37.5 Å². The molecular weight excluding hydrogens is 1450 g/mol. The van der Waals surface area contributed by atoms with Crippen LogP contribution in [0.5, 0.6) is 0 Å². The molecule has 0 saturated heterocycles. The van der Waals surface area contributed by atoms with Crippen LogP contribution in [0.25, 0.3) is 32.6 Å². The van der Waals surface area contributed by atoms with Gasteiger partial charge in [-0.2, -0.15) is 12.4 Å². The number of pyridine rings is 2. The number of fused-ring (bicyclic) bond motifs is 4. The number of anilines is 1. The second-order valence-electron chi connectivity index (χ2n) is 16.5. The van der Waals surface area contributed by atoms with Gasteiger partial charge in [-0.05, 0) is 119 Å². The molecule has 8 aromatic rings. The molecule has 0 spiro atoms. The molecular formula is C79H121N7O2W2. The van der Waals surface area contributed by atoms with Crippen LogP contribution in [0.15, 0.2) is 168 Å². The Morgan fingerprint density at radius 3 is 1.34 bits per heavy atom. The Kier molecular flexibility index (Phi) is 83.5. The third kappa shape index (κ3) is 51.4. The Bertz CT molecular complexity index is 2840. The minimum absolute atomic E-state index is 0. The zero-order valence-electron chi connectivity index (χ0n) is 62.0. The molecule has 0 bridgehead atoms. The summed E-state index contributed by atoms with van der Waals surface area (Å²) >= 11 is 0. The van der Waals surface area contributed by atoms with Crippen molar-refractivity contribution >= 4 is 62.4 Å². The van der Waals surface area contributed by atoms with Gasteiger partial charge in [-0.15, -0.1) is 27.7 Å². The quantitative estimate of drug-likeness (QED) is 0.0989. The number of allylic oxidation sites excluding steroid dienone is 4. The van der Waals surface area contributed by atoms with Crippen LogP contribution in [0.4, 0.5) is 5.69 Å². The van der Waals surface area contributed by atoms with Gasteiger partial charge in [0.1, 0.15) is 6.33 Å². The summed E-state index contributed by atoms with van der Waals surface area (Å²) in [7, 11) is 0. The largest absolute Gasteiger partial charge is 2.00 e. The van der Waals surface area contributed by atoms with E-state index >= 15 is 0 Å². The van der Waals surface area contributed by atoms with Crippen LogP contribution in [0, 0.1) is 53.7 Å². The van der Waals surface area contributed by atoms with E-state index in [1.54, 1.807) is 34.0 Å². The molecule has 3 aromatic heterocycles. The first-order valence-corrected chi connectivity index (χ1v) is 32.1. The first kappa shape index (κ1) is 102. The van der Waals surface area contributed by atoms with E-state index in [1.165, 1.54) is 62.0 Å². The smallest absolute Gasteiger partial charge is 0.584 e. The fraction of sp³-hybridized carbons (Fsp3) is 0.418. The summed E-state index contributed by atoms with van der Waals surface area (Å²) in [4.78, 5) is 47.2. The molecule has 0 saturated carbocycles. The van der Waals surface area contributed by atoms with Crippen molar-refractivity contribution in [2.75, 3.05) is 11.4 Å². The van der Waals surface area contributed by atoms with Gasteiger partial charge in [0, 0.05) is 60.1 Å². The molecule has 9 rings (SSSR count). The number of rotatable bonds is 3. The summed E-state index contributed by atoms with van der Waals surface area (Å²) < 4.78 is 0. The molecule has 1 amide bonds. The molecule has 4 heterocycles. The van der Waals surface area contributed by atoms with Crippen LogP contribution in [0.2, 0.25) is 0 Å². The molecule has 0 fully saturated rings. The van der Waals surface area contributed by atoms with Crippen molar-refractivity contribution in [3.63, 3.8) is 0 Å². The number of carbonyl (C=O) groups excluding carboxylic acids is 2. The Morgan fingerprint density at radius 2 is 0.867 bits per heavy atom. The van der Waals surface area contributed by atoms with Crippen molar-refractivity contribution in [1.82, 2.24) is 19.9 Å². The number of aryl methyl sites for hydroxylation is 6. The third-order valence-electron chi connectivity index (χ3n) is 10.2. The molecule has 0 N–H and O–H groups in total. The fourth-order valence-electron chi connectivity index (χ4n) is 6.61. The summed E-state index contributed by atoms with van der Waals surface area (Å²) in [6.45, 7) is 61.3.